The van der Waals surface area contributed by atoms with Gasteiger partial charge >= 0.3 is 0 Å². The van der Waals surface area contributed by atoms with Crippen LogP contribution in [0.1, 0.15) is 36.3 Å². The smallest absolute Gasteiger partial charge is 0.271 e. The minimum atomic E-state index is -0.259. The number of nitrogens with one attached hydrogen (secondary N) is 1. The number of aromatic nitrogens is 2. The topological polar surface area (TPSA) is 67.2 Å². The molecule has 0 spiro atoms. The average molecular weight is 342 g/mol. The normalized spacial score (nSPS) is 10.5. The highest BCUT2D eigenvalue weighted by Gasteiger charge is 2.10. The molecule has 2 aromatic rings. The van der Waals surface area contributed by atoms with Gasteiger partial charge in [0.2, 0.25) is 0 Å². The van der Waals surface area contributed by atoms with Crippen molar-refractivity contribution in [2.75, 3.05) is 24.5 Å². The van der Waals surface area contributed by atoms with E-state index in [0.717, 1.165) is 18.7 Å². The molecule has 0 aliphatic carbocycles. The second-order valence-electron chi connectivity index (χ2n) is 5.95. The Labute approximate surface area is 148 Å². The van der Waals surface area contributed by atoms with Gasteiger partial charge in [0, 0.05) is 37.9 Å². The van der Waals surface area contributed by atoms with Gasteiger partial charge in [0.25, 0.3) is 11.5 Å². The summed E-state index contributed by atoms with van der Waals surface area (Å²) in [7, 11) is 0. The van der Waals surface area contributed by atoms with Crippen LogP contribution < -0.4 is 15.8 Å². The lowest BCUT2D eigenvalue weighted by molar-refractivity contribution is 0.0947. The fraction of sp³-hybridized carbons (Fsp3) is 0.421. The van der Waals surface area contributed by atoms with Gasteiger partial charge in [0.1, 0.15) is 5.69 Å². The Morgan fingerprint density at radius 1 is 1.24 bits per heavy atom. The fourth-order valence-corrected chi connectivity index (χ4v) is 2.63. The number of anilines is 1. The number of rotatable bonds is 8. The minimum Gasteiger partial charge on any atom is -0.370 e. The molecule has 6 heteroatoms. The van der Waals surface area contributed by atoms with Gasteiger partial charge in [-0.05, 0) is 44.0 Å². The predicted molar refractivity (Wildman–Crippen MR) is 100 cm³/mol. The second-order valence-corrected chi connectivity index (χ2v) is 5.95. The summed E-state index contributed by atoms with van der Waals surface area (Å²) in [6.45, 7) is 8.71. The van der Waals surface area contributed by atoms with E-state index in [-0.39, 0.29) is 17.2 Å². The Morgan fingerprint density at radius 3 is 2.72 bits per heavy atom. The van der Waals surface area contributed by atoms with Crippen LogP contribution in [-0.4, -0.2) is 35.3 Å². The van der Waals surface area contributed by atoms with E-state index in [1.807, 2.05) is 13.0 Å². The first-order valence-corrected chi connectivity index (χ1v) is 8.73. The van der Waals surface area contributed by atoms with E-state index in [1.165, 1.54) is 22.4 Å². The van der Waals surface area contributed by atoms with E-state index >= 15 is 0 Å². The summed E-state index contributed by atoms with van der Waals surface area (Å²) in [6, 6.07) is 11.2. The standard InChI is InChI=1S/C19H26N4O2/c1-4-12-23-18(24)10-9-17(21-23)19(25)20-11-13-22(5-2)16-8-6-7-15(3)14-16/h6-10,14H,4-5,11-13H2,1-3H3,(H,20,25). The van der Waals surface area contributed by atoms with Crippen LogP contribution >= 0.6 is 0 Å². The maximum atomic E-state index is 12.3. The summed E-state index contributed by atoms with van der Waals surface area (Å²) in [4.78, 5) is 26.1. The van der Waals surface area contributed by atoms with Crippen molar-refractivity contribution in [3.8, 4) is 0 Å². The van der Waals surface area contributed by atoms with Crippen molar-refractivity contribution < 1.29 is 4.79 Å². The lowest BCUT2D eigenvalue weighted by Crippen LogP contribution is -2.36. The van der Waals surface area contributed by atoms with Crippen LogP contribution in [0.4, 0.5) is 5.69 Å². The van der Waals surface area contributed by atoms with Crippen molar-refractivity contribution >= 4 is 11.6 Å². The lowest BCUT2D eigenvalue weighted by Gasteiger charge is -2.23. The number of benzene rings is 1. The first-order chi connectivity index (χ1) is 12.0. The summed E-state index contributed by atoms with van der Waals surface area (Å²) in [6.07, 6.45) is 0.792. The van der Waals surface area contributed by atoms with Gasteiger partial charge in [-0.1, -0.05) is 19.1 Å². The summed E-state index contributed by atoms with van der Waals surface area (Å²) in [5, 5.41) is 7.01. The van der Waals surface area contributed by atoms with Gasteiger partial charge in [-0.3, -0.25) is 9.59 Å². The molecule has 0 fully saturated rings. The molecule has 1 heterocycles. The predicted octanol–water partition coefficient (Wildman–Crippen LogP) is 2.22. The van der Waals surface area contributed by atoms with Crippen LogP contribution in [0.2, 0.25) is 0 Å². The maximum Gasteiger partial charge on any atom is 0.271 e. The summed E-state index contributed by atoms with van der Waals surface area (Å²) in [5.74, 6) is -0.259. The van der Waals surface area contributed by atoms with Gasteiger partial charge in [0.05, 0.1) is 0 Å². The number of amides is 1. The van der Waals surface area contributed by atoms with E-state index in [0.29, 0.717) is 19.6 Å². The molecule has 0 bridgehead atoms. The number of likely N-dealkylation sites (N-methyl/N-ethyl adjacent to an activating group) is 1. The highest BCUT2D eigenvalue weighted by atomic mass is 16.2. The number of aryl methyl sites for hydroxylation is 2. The average Bonchev–Trinajstić information content (AvgIpc) is 2.60. The van der Waals surface area contributed by atoms with Crippen molar-refractivity contribution in [3.63, 3.8) is 0 Å². The Bertz CT molecular complexity index is 770. The van der Waals surface area contributed by atoms with Crippen molar-refractivity contribution in [1.82, 2.24) is 15.1 Å². The zero-order chi connectivity index (χ0) is 18.2. The van der Waals surface area contributed by atoms with Crippen LogP contribution in [0.15, 0.2) is 41.2 Å². The molecule has 25 heavy (non-hydrogen) atoms. The quantitative estimate of drug-likeness (QED) is 0.799. The van der Waals surface area contributed by atoms with Gasteiger partial charge in [0.15, 0.2) is 0 Å². The molecule has 2 rings (SSSR count). The largest absolute Gasteiger partial charge is 0.370 e. The van der Waals surface area contributed by atoms with E-state index in [1.54, 1.807) is 0 Å². The molecule has 6 nitrogen and oxygen atoms in total. The van der Waals surface area contributed by atoms with E-state index in [4.69, 9.17) is 0 Å². The minimum absolute atomic E-state index is 0.185. The van der Waals surface area contributed by atoms with Crippen molar-refractivity contribution in [2.45, 2.75) is 33.7 Å². The van der Waals surface area contributed by atoms with Gasteiger partial charge in [-0.15, -0.1) is 0 Å². The van der Waals surface area contributed by atoms with Crippen LogP contribution in [0.5, 0.6) is 0 Å². The summed E-state index contributed by atoms with van der Waals surface area (Å²) in [5.41, 5.74) is 2.44. The summed E-state index contributed by atoms with van der Waals surface area (Å²) >= 11 is 0. The Kier molecular flexibility index (Phi) is 6.74. The first-order valence-electron chi connectivity index (χ1n) is 8.73. The number of nitrogens with zero attached hydrogens (tertiary/aromatic N) is 3. The molecule has 0 unspecified atom stereocenters. The SMILES string of the molecule is CCCn1nc(C(=O)NCCN(CC)c2cccc(C)c2)ccc1=O. The molecule has 0 saturated carbocycles. The molecule has 1 aromatic heterocycles. The highest BCUT2D eigenvalue weighted by Crippen LogP contribution is 2.14. The van der Waals surface area contributed by atoms with Crippen molar-refractivity contribution in [1.29, 1.82) is 0 Å². The Morgan fingerprint density at radius 2 is 2.04 bits per heavy atom. The molecule has 0 atom stereocenters. The molecular weight excluding hydrogens is 316 g/mol. The summed E-state index contributed by atoms with van der Waals surface area (Å²) < 4.78 is 1.33. The van der Waals surface area contributed by atoms with E-state index in [9.17, 15) is 9.59 Å². The molecule has 0 aliphatic rings. The van der Waals surface area contributed by atoms with Crippen LogP contribution in [-0.2, 0) is 6.54 Å². The monoisotopic (exact) mass is 342 g/mol. The maximum absolute atomic E-state index is 12.3. The van der Waals surface area contributed by atoms with Crippen LogP contribution in [0.3, 0.4) is 0 Å². The third-order valence-corrected chi connectivity index (χ3v) is 3.95. The molecule has 1 aromatic carbocycles. The number of carbonyl (C=O) groups is 1. The van der Waals surface area contributed by atoms with Gasteiger partial charge in [-0.2, -0.15) is 5.10 Å². The number of hydrogen-bond donors (Lipinski definition) is 1. The molecule has 0 aliphatic heterocycles. The third kappa shape index (κ3) is 5.17. The first kappa shape index (κ1) is 18.7. The molecule has 1 amide bonds. The number of carbonyl (C=O) groups excluding carboxylic acids is 1. The lowest BCUT2D eigenvalue weighted by atomic mass is 10.2. The molecule has 0 radical (unpaired) electrons. The highest BCUT2D eigenvalue weighted by molar-refractivity contribution is 5.92. The third-order valence-electron chi connectivity index (χ3n) is 3.95. The molecule has 0 saturated heterocycles. The van der Waals surface area contributed by atoms with Gasteiger partial charge in [-0.25, -0.2) is 4.68 Å². The van der Waals surface area contributed by atoms with Crippen molar-refractivity contribution in [3.05, 3.63) is 58.0 Å². The Balaban J connectivity index is 1.95. The van der Waals surface area contributed by atoms with Crippen LogP contribution in [0, 0.1) is 6.92 Å². The second kappa shape index (κ2) is 9.01. The van der Waals surface area contributed by atoms with E-state index < -0.39 is 0 Å². The van der Waals surface area contributed by atoms with E-state index in [2.05, 4.69) is 47.4 Å². The zero-order valence-corrected chi connectivity index (χ0v) is 15.2. The zero-order valence-electron chi connectivity index (χ0n) is 15.2. The van der Waals surface area contributed by atoms with Gasteiger partial charge < -0.3 is 10.2 Å². The number of hydrogen-bond acceptors (Lipinski definition) is 4. The molecule has 1 N–H and O–H groups in total. The molecular formula is C19H26N4O2. The molecule has 134 valence electrons. The van der Waals surface area contributed by atoms with Crippen molar-refractivity contribution in [2.24, 2.45) is 0 Å². The van der Waals surface area contributed by atoms with Crippen LogP contribution in [0.25, 0.3) is 0 Å². The Hall–Kier alpha value is -2.63. The fourth-order valence-electron chi connectivity index (χ4n) is 2.63.